The number of benzene rings is 2. The summed E-state index contributed by atoms with van der Waals surface area (Å²) in [6, 6.07) is 18.5. The molecule has 1 amide bonds. The summed E-state index contributed by atoms with van der Waals surface area (Å²) in [6.07, 6.45) is 1.70. The summed E-state index contributed by atoms with van der Waals surface area (Å²) >= 11 is 5.29. The molecule has 2 aromatic carbocycles. The van der Waals surface area contributed by atoms with Crippen LogP contribution in [-0.4, -0.2) is 23.1 Å². The normalized spacial score (nSPS) is 10.1. The number of anilines is 1. The lowest BCUT2D eigenvalue weighted by atomic mass is 10.1. The molecule has 0 aliphatic carbocycles. The fourth-order valence-electron chi connectivity index (χ4n) is 2.53. The number of aryl methyl sites for hydroxylation is 1. The number of amides is 1. The van der Waals surface area contributed by atoms with E-state index in [2.05, 4.69) is 15.6 Å². The highest BCUT2D eigenvalue weighted by atomic mass is 32.1. The van der Waals surface area contributed by atoms with Crippen molar-refractivity contribution in [3.05, 3.63) is 78.0 Å². The second kappa shape index (κ2) is 8.42. The Hall–Kier alpha value is -3.25. The van der Waals surface area contributed by atoms with Crippen LogP contribution in [0.25, 0.3) is 11.3 Å². The number of pyridine rings is 1. The van der Waals surface area contributed by atoms with Crippen LogP contribution in [-0.2, 0) is 0 Å². The monoisotopic (exact) mass is 377 g/mol. The minimum absolute atomic E-state index is 0.239. The molecule has 0 atom stereocenters. The molecule has 1 aromatic heterocycles. The topological polar surface area (TPSA) is 63.2 Å². The fraction of sp³-hybridized carbons (Fsp3) is 0.0952. The van der Waals surface area contributed by atoms with Gasteiger partial charge in [-0.1, -0.05) is 30.3 Å². The zero-order chi connectivity index (χ0) is 19.2. The number of rotatable bonds is 4. The Labute approximate surface area is 163 Å². The highest BCUT2D eigenvalue weighted by Crippen LogP contribution is 2.26. The number of carbonyl (C=O) groups is 1. The van der Waals surface area contributed by atoms with Crippen LogP contribution in [0.5, 0.6) is 5.75 Å². The number of aromatic nitrogens is 1. The second-order valence-electron chi connectivity index (χ2n) is 5.88. The largest absolute Gasteiger partial charge is 0.497 e. The van der Waals surface area contributed by atoms with Crippen LogP contribution in [0.4, 0.5) is 5.69 Å². The third-order valence-corrected chi connectivity index (χ3v) is 4.22. The van der Waals surface area contributed by atoms with Crippen molar-refractivity contribution < 1.29 is 9.53 Å². The zero-order valence-corrected chi connectivity index (χ0v) is 15.8. The van der Waals surface area contributed by atoms with Crippen molar-refractivity contribution in [3.8, 4) is 17.0 Å². The molecule has 0 aliphatic rings. The fourth-order valence-corrected chi connectivity index (χ4v) is 2.73. The molecule has 1 heterocycles. The van der Waals surface area contributed by atoms with Crippen LogP contribution in [0.3, 0.4) is 0 Å². The van der Waals surface area contributed by atoms with Gasteiger partial charge in [-0.2, -0.15) is 0 Å². The minimum atomic E-state index is -0.253. The Bertz CT molecular complexity index is 974. The molecule has 0 radical (unpaired) electrons. The maximum Gasteiger partial charge on any atom is 0.257 e. The quantitative estimate of drug-likeness (QED) is 0.668. The van der Waals surface area contributed by atoms with Crippen LogP contribution in [0.15, 0.2) is 66.9 Å². The van der Waals surface area contributed by atoms with Crippen LogP contribution < -0.4 is 15.4 Å². The first-order valence-electron chi connectivity index (χ1n) is 8.35. The average molecular weight is 377 g/mol. The summed E-state index contributed by atoms with van der Waals surface area (Å²) in [5, 5.41) is 6.02. The molecule has 3 aromatic rings. The van der Waals surface area contributed by atoms with Gasteiger partial charge in [-0.3, -0.25) is 15.1 Å². The van der Waals surface area contributed by atoms with Gasteiger partial charge in [0, 0.05) is 29.1 Å². The molecule has 27 heavy (non-hydrogen) atoms. The van der Waals surface area contributed by atoms with Crippen molar-refractivity contribution in [2.45, 2.75) is 6.92 Å². The van der Waals surface area contributed by atoms with Gasteiger partial charge in [0.25, 0.3) is 5.91 Å². The maximum absolute atomic E-state index is 12.2. The van der Waals surface area contributed by atoms with Crippen LogP contribution in [0.1, 0.15) is 15.9 Å². The van der Waals surface area contributed by atoms with Gasteiger partial charge in [0.05, 0.1) is 12.8 Å². The lowest BCUT2D eigenvalue weighted by molar-refractivity contribution is 0.0977. The van der Waals surface area contributed by atoms with Gasteiger partial charge < -0.3 is 10.1 Å². The Kier molecular flexibility index (Phi) is 5.78. The third kappa shape index (κ3) is 4.68. The summed E-state index contributed by atoms with van der Waals surface area (Å²) in [7, 11) is 1.62. The Morgan fingerprint density at radius 1 is 1.07 bits per heavy atom. The molecule has 136 valence electrons. The zero-order valence-electron chi connectivity index (χ0n) is 15.0. The van der Waals surface area contributed by atoms with E-state index in [0.717, 1.165) is 28.3 Å². The van der Waals surface area contributed by atoms with Gasteiger partial charge in [0.15, 0.2) is 5.11 Å². The van der Waals surface area contributed by atoms with E-state index in [0.29, 0.717) is 5.56 Å². The molecular formula is C21H19N3O2S. The van der Waals surface area contributed by atoms with E-state index in [1.54, 1.807) is 43.6 Å². The molecule has 0 unspecified atom stereocenters. The molecule has 3 rings (SSSR count). The Morgan fingerprint density at radius 2 is 1.85 bits per heavy atom. The van der Waals surface area contributed by atoms with Crippen molar-refractivity contribution in [2.75, 3.05) is 12.4 Å². The number of hydrogen-bond acceptors (Lipinski definition) is 4. The molecule has 0 saturated heterocycles. The van der Waals surface area contributed by atoms with E-state index < -0.39 is 0 Å². The number of hydrogen-bond donors (Lipinski definition) is 2. The molecule has 5 nitrogen and oxygen atoms in total. The van der Waals surface area contributed by atoms with Crippen molar-refractivity contribution in [1.29, 1.82) is 0 Å². The molecule has 0 aliphatic heterocycles. The van der Waals surface area contributed by atoms with Crippen molar-refractivity contribution in [2.24, 2.45) is 0 Å². The summed E-state index contributed by atoms with van der Waals surface area (Å²) in [5.41, 5.74) is 4.05. The summed E-state index contributed by atoms with van der Waals surface area (Å²) < 4.78 is 5.26. The van der Waals surface area contributed by atoms with Gasteiger partial charge in [-0.25, -0.2) is 0 Å². The molecular weight excluding hydrogens is 358 g/mol. The van der Waals surface area contributed by atoms with Gasteiger partial charge in [0.1, 0.15) is 5.75 Å². The van der Waals surface area contributed by atoms with Crippen LogP contribution in [0.2, 0.25) is 0 Å². The number of nitrogens with one attached hydrogen (secondary N) is 2. The highest BCUT2D eigenvalue weighted by Gasteiger charge is 2.10. The van der Waals surface area contributed by atoms with E-state index in [4.69, 9.17) is 17.0 Å². The molecule has 2 N–H and O–H groups in total. The van der Waals surface area contributed by atoms with Gasteiger partial charge >= 0.3 is 0 Å². The van der Waals surface area contributed by atoms with Crippen molar-refractivity contribution in [1.82, 2.24) is 10.3 Å². The molecule has 0 spiro atoms. The van der Waals surface area contributed by atoms with E-state index in [1.807, 2.05) is 37.3 Å². The van der Waals surface area contributed by atoms with E-state index in [9.17, 15) is 4.79 Å². The predicted octanol–water partition coefficient (Wildman–Crippen LogP) is 4.19. The minimum Gasteiger partial charge on any atom is -0.497 e. The van der Waals surface area contributed by atoms with E-state index >= 15 is 0 Å². The average Bonchev–Trinajstić information content (AvgIpc) is 2.70. The summed E-state index contributed by atoms with van der Waals surface area (Å²) in [6.45, 7) is 1.97. The van der Waals surface area contributed by atoms with Gasteiger partial charge in [-0.15, -0.1) is 0 Å². The maximum atomic E-state index is 12.2. The number of ether oxygens (including phenoxy) is 1. The third-order valence-electron chi connectivity index (χ3n) is 4.01. The molecule has 6 heteroatoms. The number of nitrogens with zero attached hydrogens (tertiary/aromatic N) is 1. The number of methoxy groups -OCH3 is 1. The number of thiocarbonyl (C=S) groups is 1. The first-order valence-corrected chi connectivity index (χ1v) is 8.76. The lowest BCUT2D eigenvalue weighted by Gasteiger charge is -2.13. The lowest BCUT2D eigenvalue weighted by Crippen LogP contribution is -2.34. The number of carbonyl (C=O) groups excluding carboxylic acids is 1. The van der Waals surface area contributed by atoms with Crippen molar-refractivity contribution in [3.63, 3.8) is 0 Å². The van der Waals surface area contributed by atoms with Gasteiger partial charge in [0.2, 0.25) is 0 Å². The smallest absolute Gasteiger partial charge is 0.257 e. The summed E-state index contributed by atoms with van der Waals surface area (Å²) in [5.74, 6) is 0.483. The van der Waals surface area contributed by atoms with Crippen LogP contribution in [0, 0.1) is 6.92 Å². The SMILES string of the molecule is COc1ccnc(-c2ccc(C)c(NC(=S)NC(=O)c3ccccc3)c2)c1. The predicted molar refractivity (Wildman–Crippen MR) is 111 cm³/mol. The second-order valence-corrected chi connectivity index (χ2v) is 6.29. The first kappa shape index (κ1) is 18.5. The van der Waals surface area contributed by atoms with Gasteiger partial charge in [-0.05, 0) is 49.0 Å². The molecule has 0 saturated carbocycles. The first-order chi connectivity index (χ1) is 13.1. The Balaban J connectivity index is 1.76. The highest BCUT2D eigenvalue weighted by molar-refractivity contribution is 7.80. The Morgan fingerprint density at radius 3 is 2.59 bits per heavy atom. The van der Waals surface area contributed by atoms with Crippen LogP contribution >= 0.6 is 12.2 Å². The standard InChI is InChI=1S/C21H19N3O2S/c1-14-8-9-16(19-13-17(26-2)10-11-22-19)12-18(14)23-21(27)24-20(25)15-6-4-3-5-7-15/h3-13H,1-2H3,(H2,23,24,25,27). The summed E-state index contributed by atoms with van der Waals surface area (Å²) in [4.78, 5) is 16.6. The molecule has 0 bridgehead atoms. The van der Waals surface area contributed by atoms with E-state index in [1.165, 1.54) is 0 Å². The van der Waals surface area contributed by atoms with Crippen molar-refractivity contribution >= 4 is 28.9 Å². The molecule has 0 fully saturated rings. The van der Waals surface area contributed by atoms with E-state index in [-0.39, 0.29) is 11.0 Å².